The number of piperidine rings is 1. The van der Waals surface area contributed by atoms with Gasteiger partial charge in [-0.15, -0.1) is 0 Å². The van der Waals surface area contributed by atoms with Crippen LogP contribution in [0.4, 0.5) is 11.5 Å². The minimum absolute atomic E-state index is 0.523. The Morgan fingerprint density at radius 2 is 1.79 bits per heavy atom. The Morgan fingerprint density at radius 1 is 1.08 bits per heavy atom. The summed E-state index contributed by atoms with van der Waals surface area (Å²) in [6.07, 6.45) is 12.2. The lowest BCUT2D eigenvalue weighted by Crippen LogP contribution is -2.37. The van der Waals surface area contributed by atoms with Crippen molar-refractivity contribution in [1.29, 1.82) is 0 Å². The van der Waals surface area contributed by atoms with Crippen molar-refractivity contribution in [3.8, 4) is 0 Å². The molecule has 1 aromatic rings. The van der Waals surface area contributed by atoms with Gasteiger partial charge in [-0.1, -0.05) is 32.6 Å². The molecule has 2 aliphatic rings. The summed E-state index contributed by atoms with van der Waals surface area (Å²) in [4.78, 5) is 7.00. The van der Waals surface area contributed by atoms with E-state index < -0.39 is 0 Å². The molecule has 1 aliphatic heterocycles. The highest BCUT2D eigenvalue weighted by Gasteiger charge is 2.17. The minimum atomic E-state index is 0.523. The maximum absolute atomic E-state index is 5.47. The number of rotatable bonds is 3. The summed E-state index contributed by atoms with van der Waals surface area (Å²) in [5.41, 5.74) is 0.968. The van der Waals surface area contributed by atoms with Crippen LogP contribution >= 0.6 is 12.2 Å². The predicted octanol–water partition coefficient (Wildman–Crippen LogP) is 4.33. The number of nitrogens with one attached hydrogen (secondary N) is 2. The Labute approximate surface area is 151 Å². The van der Waals surface area contributed by atoms with Gasteiger partial charge in [0.15, 0.2) is 5.11 Å². The SMILES string of the molecule is CC1CCN(c2ccc(NC(=S)NC3CCCCCC3)cn2)CC1. The molecule has 2 fully saturated rings. The van der Waals surface area contributed by atoms with Crippen LogP contribution in [0.25, 0.3) is 0 Å². The lowest BCUT2D eigenvalue weighted by Gasteiger charge is -2.31. The summed E-state index contributed by atoms with van der Waals surface area (Å²) in [5, 5.41) is 7.48. The van der Waals surface area contributed by atoms with Crippen LogP contribution in [0, 0.1) is 5.92 Å². The van der Waals surface area contributed by atoms with Crippen molar-refractivity contribution in [2.75, 3.05) is 23.3 Å². The van der Waals surface area contributed by atoms with Gasteiger partial charge < -0.3 is 15.5 Å². The van der Waals surface area contributed by atoms with Gasteiger partial charge in [0.25, 0.3) is 0 Å². The van der Waals surface area contributed by atoms with E-state index in [2.05, 4.69) is 39.6 Å². The molecule has 1 aromatic heterocycles. The first-order chi connectivity index (χ1) is 11.7. The molecule has 24 heavy (non-hydrogen) atoms. The van der Waals surface area contributed by atoms with E-state index in [1.165, 1.54) is 51.4 Å². The number of nitrogens with zero attached hydrogens (tertiary/aromatic N) is 2. The molecule has 0 atom stereocenters. The highest BCUT2D eigenvalue weighted by molar-refractivity contribution is 7.80. The monoisotopic (exact) mass is 346 g/mol. The van der Waals surface area contributed by atoms with E-state index in [4.69, 9.17) is 12.2 Å². The van der Waals surface area contributed by atoms with Crippen molar-refractivity contribution in [2.24, 2.45) is 5.92 Å². The molecule has 0 aromatic carbocycles. The molecule has 4 nitrogen and oxygen atoms in total. The van der Waals surface area contributed by atoms with Crippen LogP contribution in [0.15, 0.2) is 18.3 Å². The van der Waals surface area contributed by atoms with Gasteiger partial charge in [-0.3, -0.25) is 0 Å². The van der Waals surface area contributed by atoms with Crippen LogP contribution in [-0.2, 0) is 0 Å². The second-order valence-electron chi connectivity index (χ2n) is 7.36. The zero-order valence-electron chi connectivity index (χ0n) is 14.8. The third-order valence-corrected chi connectivity index (χ3v) is 5.52. The molecule has 0 bridgehead atoms. The van der Waals surface area contributed by atoms with Crippen molar-refractivity contribution in [3.63, 3.8) is 0 Å². The maximum Gasteiger partial charge on any atom is 0.171 e. The number of anilines is 2. The molecule has 0 spiro atoms. The molecule has 1 saturated heterocycles. The summed E-state index contributed by atoms with van der Waals surface area (Å²) >= 11 is 5.47. The van der Waals surface area contributed by atoms with E-state index in [9.17, 15) is 0 Å². The van der Waals surface area contributed by atoms with Crippen molar-refractivity contribution in [2.45, 2.75) is 64.3 Å². The van der Waals surface area contributed by atoms with Crippen molar-refractivity contribution in [3.05, 3.63) is 18.3 Å². The molecule has 132 valence electrons. The summed E-state index contributed by atoms with van der Waals surface area (Å²) in [6, 6.07) is 4.71. The average Bonchev–Trinajstić information content (AvgIpc) is 2.85. The number of hydrogen-bond donors (Lipinski definition) is 2. The summed E-state index contributed by atoms with van der Waals surface area (Å²) < 4.78 is 0. The first kappa shape index (κ1) is 17.5. The van der Waals surface area contributed by atoms with Gasteiger partial charge in [0.1, 0.15) is 5.82 Å². The molecule has 1 aliphatic carbocycles. The van der Waals surface area contributed by atoms with E-state index in [0.29, 0.717) is 6.04 Å². The zero-order chi connectivity index (χ0) is 16.8. The Bertz CT molecular complexity index is 515. The Kier molecular flexibility index (Phi) is 6.30. The fourth-order valence-electron chi connectivity index (χ4n) is 3.66. The fraction of sp³-hybridized carbons (Fsp3) is 0.684. The third-order valence-electron chi connectivity index (χ3n) is 5.30. The van der Waals surface area contributed by atoms with Crippen molar-refractivity contribution < 1.29 is 0 Å². The molecule has 0 radical (unpaired) electrons. The van der Waals surface area contributed by atoms with E-state index in [1.54, 1.807) is 0 Å². The zero-order valence-corrected chi connectivity index (χ0v) is 15.6. The molecular weight excluding hydrogens is 316 g/mol. The van der Waals surface area contributed by atoms with Crippen LogP contribution in [0.5, 0.6) is 0 Å². The van der Waals surface area contributed by atoms with Gasteiger partial charge >= 0.3 is 0 Å². The fourth-order valence-corrected chi connectivity index (χ4v) is 3.95. The average molecular weight is 347 g/mol. The number of aromatic nitrogens is 1. The van der Waals surface area contributed by atoms with E-state index >= 15 is 0 Å². The van der Waals surface area contributed by atoms with Crippen LogP contribution in [0.3, 0.4) is 0 Å². The van der Waals surface area contributed by atoms with Crippen LogP contribution in [0.2, 0.25) is 0 Å². The molecule has 2 N–H and O–H groups in total. The van der Waals surface area contributed by atoms with Gasteiger partial charge in [0.05, 0.1) is 11.9 Å². The third kappa shape index (κ3) is 5.07. The number of pyridine rings is 1. The second-order valence-corrected chi connectivity index (χ2v) is 7.77. The summed E-state index contributed by atoms with van der Waals surface area (Å²) in [6.45, 7) is 4.56. The second kappa shape index (κ2) is 8.65. The van der Waals surface area contributed by atoms with Crippen molar-refractivity contribution in [1.82, 2.24) is 10.3 Å². The number of thiocarbonyl (C=S) groups is 1. The topological polar surface area (TPSA) is 40.2 Å². The molecule has 3 rings (SSSR count). The normalized spacial score (nSPS) is 20.5. The minimum Gasteiger partial charge on any atom is -0.360 e. The summed E-state index contributed by atoms with van der Waals surface area (Å²) in [5.74, 6) is 1.92. The van der Waals surface area contributed by atoms with Crippen molar-refractivity contribution >= 4 is 28.8 Å². The predicted molar refractivity (Wildman–Crippen MR) is 106 cm³/mol. The Balaban J connectivity index is 1.49. The summed E-state index contributed by atoms with van der Waals surface area (Å²) in [7, 11) is 0. The lowest BCUT2D eigenvalue weighted by molar-refractivity contribution is 0.436. The molecule has 1 saturated carbocycles. The molecule has 2 heterocycles. The molecule has 0 unspecified atom stereocenters. The number of hydrogen-bond acceptors (Lipinski definition) is 3. The van der Waals surface area contributed by atoms with E-state index in [0.717, 1.165) is 35.6 Å². The van der Waals surface area contributed by atoms with Crippen LogP contribution in [0.1, 0.15) is 58.3 Å². The first-order valence-electron chi connectivity index (χ1n) is 9.49. The van der Waals surface area contributed by atoms with Crippen LogP contribution in [-0.4, -0.2) is 29.2 Å². The Morgan fingerprint density at radius 3 is 2.42 bits per heavy atom. The molecule has 0 amide bonds. The van der Waals surface area contributed by atoms with Gasteiger partial charge in [-0.05, 0) is 56.0 Å². The molecule has 5 heteroatoms. The highest BCUT2D eigenvalue weighted by Crippen LogP contribution is 2.22. The standard InChI is InChI=1S/C19H30N4S/c1-15-10-12-23(13-11-15)18-9-8-17(14-20-18)22-19(24)21-16-6-4-2-3-5-7-16/h8-9,14-16H,2-7,10-13H2,1H3,(H2,21,22,24). The van der Waals surface area contributed by atoms with E-state index in [-0.39, 0.29) is 0 Å². The quantitative estimate of drug-likeness (QED) is 0.630. The molecular formula is C19H30N4S. The van der Waals surface area contributed by atoms with E-state index in [1.807, 2.05) is 6.20 Å². The largest absolute Gasteiger partial charge is 0.360 e. The Hall–Kier alpha value is -1.36. The maximum atomic E-state index is 5.47. The van der Waals surface area contributed by atoms with Crippen LogP contribution < -0.4 is 15.5 Å². The lowest BCUT2D eigenvalue weighted by atomic mass is 9.99. The highest BCUT2D eigenvalue weighted by atomic mass is 32.1. The van der Waals surface area contributed by atoms with Gasteiger partial charge in [-0.25, -0.2) is 4.98 Å². The van der Waals surface area contributed by atoms with Gasteiger partial charge in [0.2, 0.25) is 0 Å². The smallest absolute Gasteiger partial charge is 0.171 e. The first-order valence-corrected chi connectivity index (χ1v) is 9.90. The van der Waals surface area contributed by atoms with Gasteiger partial charge in [0, 0.05) is 19.1 Å². The van der Waals surface area contributed by atoms with Gasteiger partial charge in [-0.2, -0.15) is 0 Å².